The van der Waals surface area contributed by atoms with Gasteiger partial charge in [0.1, 0.15) is 10.6 Å². The van der Waals surface area contributed by atoms with Gasteiger partial charge in [0.05, 0.1) is 0 Å². The molecule has 2 aromatic rings. The SMILES string of the molecule is N#CN(CCc1ccc(C(=O)N2CCCC2)cc1)S(=O)(=O)c1ccccc1O. The fraction of sp³-hybridized carbons (Fsp3) is 0.300. The van der Waals surface area contributed by atoms with Gasteiger partial charge in [-0.05, 0) is 49.1 Å². The molecule has 1 heterocycles. The molecule has 0 radical (unpaired) electrons. The summed E-state index contributed by atoms with van der Waals surface area (Å²) in [4.78, 5) is 13.9. The number of rotatable bonds is 6. The number of amides is 1. The molecule has 3 rings (SSSR count). The zero-order valence-electron chi connectivity index (χ0n) is 15.3. The average molecular weight is 399 g/mol. The summed E-state index contributed by atoms with van der Waals surface area (Å²) in [7, 11) is -4.12. The van der Waals surface area contributed by atoms with Gasteiger partial charge in [0.15, 0.2) is 6.19 Å². The number of para-hydroxylation sites is 1. The number of likely N-dealkylation sites (tertiary alicyclic amines) is 1. The Morgan fingerprint density at radius 2 is 1.75 bits per heavy atom. The van der Waals surface area contributed by atoms with Crippen LogP contribution in [0.25, 0.3) is 0 Å². The number of sulfonamides is 1. The Kier molecular flexibility index (Phi) is 5.85. The molecule has 1 fully saturated rings. The van der Waals surface area contributed by atoms with Crippen molar-refractivity contribution in [2.24, 2.45) is 0 Å². The normalized spacial score (nSPS) is 13.9. The van der Waals surface area contributed by atoms with Crippen LogP contribution in [-0.4, -0.2) is 48.3 Å². The number of nitrogens with zero attached hydrogens (tertiary/aromatic N) is 3. The molecule has 0 aliphatic carbocycles. The first-order valence-electron chi connectivity index (χ1n) is 9.02. The quantitative estimate of drug-likeness (QED) is 0.593. The number of aromatic hydroxyl groups is 1. The fourth-order valence-electron chi connectivity index (χ4n) is 3.17. The Labute approximate surface area is 164 Å². The average Bonchev–Trinajstić information content (AvgIpc) is 3.23. The van der Waals surface area contributed by atoms with Crippen LogP contribution in [0, 0.1) is 11.5 Å². The van der Waals surface area contributed by atoms with Crippen molar-refractivity contribution in [1.82, 2.24) is 9.21 Å². The lowest BCUT2D eigenvalue weighted by Crippen LogP contribution is -2.29. The molecule has 0 aromatic heterocycles. The number of hydrogen-bond acceptors (Lipinski definition) is 5. The highest BCUT2D eigenvalue weighted by molar-refractivity contribution is 7.89. The van der Waals surface area contributed by atoms with E-state index in [1.165, 1.54) is 24.3 Å². The van der Waals surface area contributed by atoms with Gasteiger partial charge in [-0.2, -0.15) is 5.26 Å². The van der Waals surface area contributed by atoms with E-state index in [-0.39, 0.29) is 17.3 Å². The van der Waals surface area contributed by atoms with Crippen molar-refractivity contribution in [2.75, 3.05) is 19.6 Å². The largest absolute Gasteiger partial charge is 0.507 e. The summed E-state index contributed by atoms with van der Waals surface area (Å²) in [6.45, 7) is 1.50. The maximum atomic E-state index is 12.6. The highest BCUT2D eigenvalue weighted by atomic mass is 32.2. The minimum atomic E-state index is -4.12. The first-order valence-corrected chi connectivity index (χ1v) is 10.5. The van der Waals surface area contributed by atoms with E-state index in [4.69, 9.17) is 0 Å². The summed E-state index contributed by atoms with van der Waals surface area (Å²) in [5.41, 5.74) is 1.41. The van der Waals surface area contributed by atoms with E-state index in [0.29, 0.717) is 16.3 Å². The number of phenolic OH excluding ortho intramolecular Hbond substituents is 1. The second-order valence-electron chi connectivity index (χ2n) is 6.59. The molecule has 1 amide bonds. The number of nitriles is 1. The molecule has 0 saturated carbocycles. The summed E-state index contributed by atoms with van der Waals surface area (Å²) in [6.07, 6.45) is 4.04. The maximum Gasteiger partial charge on any atom is 0.276 e. The lowest BCUT2D eigenvalue weighted by Gasteiger charge is -2.17. The molecule has 2 aromatic carbocycles. The molecule has 7 nitrogen and oxygen atoms in total. The van der Waals surface area contributed by atoms with Gasteiger partial charge >= 0.3 is 0 Å². The van der Waals surface area contributed by atoms with Crippen molar-refractivity contribution in [1.29, 1.82) is 5.26 Å². The van der Waals surface area contributed by atoms with Crippen LogP contribution < -0.4 is 0 Å². The monoisotopic (exact) mass is 399 g/mol. The second kappa shape index (κ2) is 8.31. The molecular formula is C20H21N3O4S. The third-order valence-corrected chi connectivity index (χ3v) is 6.49. The highest BCUT2D eigenvalue weighted by Gasteiger charge is 2.26. The summed E-state index contributed by atoms with van der Waals surface area (Å²) in [6, 6.07) is 12.5. The first-order chi connectivity index (χ1) is 13.4. The van der Waals surface area contributed by atoms with Crippen LogP contribution in [0.15, 0.2) is 53.4 Å². The molecule has 1 aliphatic heterocycles. The smallest absolute Gasteiger partial charge is 0.276 e. The zero-order chi connectivity index (χ0) is 20.1. The first kappa shape index (κ1) is 19.7. The topological polar surface area (TPSA) is 102 Å². The summed E-state index contributed by atoms with van der Waals surface area (Å²) < 4.78 is 25.8. The van der Waals surface area contributed by atoms with Gasteiger partial charge in [-0.3, -0.25) is 4.79 Å². The number of benzene rings is 2. The van der Waals surface area contributed by atoms with Gasteiger partial charge in [0.2, 0.25) is 0 Å². The molecule has 0 atom stereocenters. The molecular weight excluding hydrogens is 378 g/mol. The molecule has 0 bridgehead atoms. The Morgan fingerprint density at radius 1 is 1.11 bits per heavy atom. The van der Waals surface area contributed by atoms with E-state index in [1.54, 1.807) is 30.5 Å². The molecule has 1 aliphatic rings. The van der Waals surface area contributed by atoms with Crippen LogP contribution in [0.4, 0.5) is 0 Å². The number of phenols is 1. The molecule has 1 N–H and O–H groups in total. The number of hydrogen-bond donors (Lipinski definition) is 1. The van der Waals surface area contributed by atoms with E-state index < -0.39 is 15.8 Å². The maximum absolute atomic E-state index is 12.6. The molecule has 1 saturated heterocycles. The van der Waals surface area contributed by atoms with Gasteiger partial charge < -0.3 is 10.0 Å². The second-order valence-corrected chi connectivity index (χ2v) is 8.42. The Bertz CT molecular complexity index is 991. The molecule has 28 heavy (non-hydrogen) atoms. The molecule has 8 heteroatoms. The van der Waals surface area contributed by atoms with E-state index in [0.717, 1.165) is 31.5 Å². The molecule has 146 valence electrons. The highest BCUT2D eigenvalue weighted by Crippen LogP contribution is 2.25. The van der Waals surface area contributed by atoms with Crippen molar-refractivity contribution >= 4 is 15.9 Å². The summed E-state index contributed by atoms with van der Waals surface area (Å²) >= 11 is 0. The van der Waals surface area contributed by atoms with E-state index >= 15 is 0 Å². The Balaban J connectivity index is 1.68. The lowest BCUT2D eigenvalue weighted by molar-refractivity contribution is 0.0793. The van der Waals surface area contributed by atoms with Gasteiger partial charge in [-0.15, -0.1) is 0 Å². The van der Waals surface area contributed by atoms with Crippen molar-refractivity contribution in [3.05, 3.63) is 59.7 Å². The van der Waals surface area contributed by atoms with E-state index in [2.05, 4.69) is 0 Å². The molecule has 0 unspecified atom stereocenters. The summed E-state index contributed by atoms with van der Waals surface area (Å²) in [5, 5.41) is 19.1. The number of carbonyl (C=O) groups is 1. The van der Waals surface area contributed by atoms with Crippen LogP contribution in [0.1, 0.15) is 28.8 Å². The van der Waals surface area contributed by atoms with Crippen LogP contribution in [0.5, 0.6) is 5.75 Å². The molecule has 0 spiro atoms. The minimum Gasteiger partial charge on any atom is -0.507 e. The van der Waals surface area contributed by atoms with Crippen LogP contribution in [-0.2, 0) is 16.4 Å². The zero-order valence-corrected chi connectivity index (χ0v) is 16.1. The van der Waals surface area contributed by atoms with Crippen LogP contribution in [0.3, 0.4) is 0 Å². The summed E-state index contributed by atoms with van der Waals surface area (Å²) in [5.74, 6) is -0.391. The van der Waals surface area contributed by atoms with Crippen molar-refractivity contribution < 1.29 is 18.3 Å². The van der Waals surface area contributed by atoms with E-state index in [1.807, 2.05) is 4.90 Å². The van der Waals surface area contributed by atoms with Gasteiger partial charge in [0.25, 0.3) is 15.9 Å². The van der Waals surface area contributed by atoms with Gasteiger partial charge in [0, 0.05) is 25.2 Å². The predicted octanol–water partition coefficient (Wildman–Crippen LogP) is 2.34. The van der Waals surface area contributed by atoms with Crippen LogP contribution >= 0.6 is 0 Å². The van der Waals surface area contributed by atoms with Gasteiger partial charge in [-0.25, -0.2) is 12.7 Å². The third kappa shape index (κ3) is 4.10. The van der Waals surface area contributed by atoms with Crippen molar-refractivity contribution in [3.63, 3.8) is 0 Å². The van der Waals surface area contributed by atoms with Crippen LogP contribution in [0.2, 0.25) is 0 Å². The van der Waals surface area contributed by atoms with Crippen molar-refractivity contribution in [3.8, 4) is 11.9 Å². The Morgan fingerprint density at radius 3 is 2.36 bits per heavy atom. The van der Waals surface area contributed by atoms with E-state index in [9.17, 15) is 23.6 Å². The van der Waals surface area contributed by atoms with Gasteiger partial charge in [-0.1, -0.05) is 24.3 Å². The van der Waals surface area contributed by atoms with Crippen molar-refractivity contribution in [2.45, 2.75) is 24.2 Å². The predicted molar refractivity (Wildman–Crippen MR) is 103 cm³/mol. The third-order valence-electron chi connectivity index (χ3n) is 4.74. The Hall–Kier alpha value is -3.05. The fourth-order valence-corrected chi connectivity index (χ4v) is 4.42. The number of carbonyl (C=O) groups excluding carboxylic acids is 1. The minimum absolute atomic E-state index is 0.00447. The standard InChI is InChI=1S/C20H21N3O4S/c21-15-23(28(26,27)19-6-2-1-5-18(19)24)14-11-16-7-9-17(10-8-16)20(25)22-12-3-4-13-22/h1-2,5-10,24H,3-4,11-14H2. The lowest BCUT2D eigenvalue weighted by atomic mass is 10.1.